The fraction of sp³-hybridized carbons (Fsp3) is 0.143. The number of aromatic nitrogens is 3. The number of benzene rings is 1. The summed E-state index contributed by atoms with van der Waals surface area (Å²) in [6.07, 6.45) is 3.68. The van der Waals surface area contributed by atoms with E-state index in [0.29, 0.717) is 0 Å². The van der Waals surface area contributed by atoms with E-state index in [2.05, 4.69) is 33.6 Å². The first-order valence-corrected chi connectivity index (χ1v) is 5.90. The molecule has 2 aromatic heterocycles. The van der Waals surface area contributed by atoms with Crippen LogP contribution >= 0.6 is 0 Å². The first kappa shape index (κ1) is 10.8. The van der Waals surface area contributed by atoms with Gasteiger partial charge in [-0.05, 0) is 12.1 Å². The zero-order valence-corrected chi connectivity index (χ0v) is 10.2. The van der Waals surface area contributed by atoms with E-state index >= 15 is 0 Å². The molecule has 0 saturated carbocycles. The average molecular weight is 238 g/mol. The standard InChI is InChI=1S/C14H14N4/c1-15-14-12(6-4-8-16-14)10-18-13-7-3-2-5-11(13)9-17-18/h2-9H,10H2,1H3,(H,15,16). The van der Waals surface area contributed by atoms with Gasteiger partial charge in [-0.3, -0.25) is 4.68 Å². The smallest absolute Gasteiger partial charge is 0.130 e. The van der Waals surface area contributed by atoms with Crippen molar-refractivity contribution < 1.29 is 0 Å². The Morgan fingerprint density at radius 1 is 1.17 bits per heavy atom. The molecule has 1 N–H and O–H groups in total. The van der Waals surface area contributed by atoms with Gasteiger partial charge in [-0.1, -0.05) is 24.3 Å². The Morgan fingerprint density at radius 2 is 2.06 bits per heavy atom. The van der Waals surface area contributed by atoms with Crippen molar-refractivity contribution in [1.29, 1.82) is 0 Å². The fourth-order valence-electron chi connectivity index (χ4n) is 2.10. The van der Waals surface area contributed by atoms with Crippen LogP contribution in [0.4, 0.5) is 5.82 Å². The highest BCUT2D eigenvalue weighted by Gasteiger charge is 2.06. The van der Waals surface area contributed by atoms with Crippen LogP contribution < -0.4 is 5.32 Å². The van der Waals surface area contributed by atoms with Crippen molar-refractivity contribution in [3.05, 3.63) is 54.4 Å². The lowest BCUT2D eigenvalue weighted by Crippen LogP contribution is -2.05. The molecule has 4 heteroatoms. The van der Waals surface area contributed by atoms with Crippen LogP contribution in [0.15, 0.2) is 48.8 Å². The number of para-hydroxylation sites is 1. The summed E-state index contributed by atoms with van der Waals surface area (Å²) in [5.74, 6) is 0.900. The summed E-state index contributed by atoms with van der Waals surface area (Å²) in [7, 11) is 1.88. The Labute approximate surface area is 105 Å². The molecular formula is C14H14N4. The Kier molecular flexibility index (Phi) is 2.68. The summed E-state index contributed by atoms with van der Waals surface area (Å²) in [4.78, 5) is 4.31. The molecule has 3 aromatic rings. The molecule has 0 radical (unpaired) electrons. The maximum Gasteiger partial charge on any atom is 0.130 e. The number of anilines is 1. The molecule has 0 fully saturated rings. The van der Waals surface area contributed by atoms with Crippen LogP contribution in [-0.2, 0) is 6.54 Å². The van der Waals surface area contributed by atoms with Gasteiger partial charge in [0.15, 0.2) is 0 Å². The van der Waals surface area contributed by atoms with Crippen LogP contribution in [-0.4, -0.2) is 21.8 Å². The third kappa shape index (κ3) is 1.82. The second-order valence-corrected chi connectivity index (χ2v) is 4.12. The molecule has 0 saturated heterocycles. The van der Waals surface area contributed by atoms with Crippen molar-refractivity contribution in [2.45, 2.75) is 6.54 Å². The fourth-order valence-corrected chi connectivity index (χ4v) is 2.10. The van der Waals surface area contributed by atoms with E-state index in [4.69, 9.17) is 0 Å². The minimum absolute atomic E-state index is 0.720. The van der Waals surface area contributed by atoms with Crippen LogP contribution in [0.5, 0.6) is 0 Å². The molecule has 0 spiro atoms. The van der Waals surface area contributed by atoms with Gasteiger partial charge in [0, 0.05) is 24.2 Å². The Balaban J connectivity index is 2.01. The van der Waals surface area contributed by atoms with E-state index in [9.17, 15) is 0 Å². The van der Waals surface area contributed by atoms with Gasteiger partial charge in [0.1, 0.15) is 5.82 Å². The highest BCUT2D eigenvalue weighted by atomic mass is 15.3. The average Bonchev–Trinajstić information content (AvgIpc) is 2.83. The van der Waals surface area contributed by atoms with E-state index in [1.165, 1.54) is 0 Å². The van der Waals surface area contributed by atoms with Gasteiger partial charge in [-0.15, -0.1) is 0 Å². The predicted molar refractivity (Wildman–Crippen MR) is 72.6 cm³/mol. The number of rotatable bonds is 3. The lowest BCUT2D eigenvalue weighted by molar-refractivity contribution is 0.711. The molecule has 0 bridgehead atoms. The van der Waals surface area contributed by atoms with E-state index in [-0.39, 0.29) is 0 Å². The molecule has 2 heterocycles. The second-order valence-electron chi connectivity index (χ2n) is 4.12. The summed E-state index contributed by atoms with van der Waals surface area (Å²) in [5.41, 5.74) is 2.28. The third-order valence-electron chi connectivity index (χ3n) is 3.00. The van der Waals surface area contributed by atoms with Crippen molar-refractivity contribution in [1.82, 2.24) is 14.8 Å². The highest BCUT2D eigenvalue weighted by molar-refractivity contribution is 5.78. The topological polar surface area (TPSA) is 42.7 Å². The third-order valence-corrected chi connectivity index (χ3v) is 3.00. The lowest BCUT2D eigenvalue weighted by Gasteiger charge is -2.08. The van der Waals surface area contributed by atoms with Crippen LogP contribution in [0.2, 0.25) is 0 Å². The number of nitrogens with one attached hydrogen (secondary N) is 1. The summed E-state index contributed by atoms with van der Waals surface area (Å²) < 4.78 is 1.99. The van der Waals surface area contributed by atoms with Gasteiger partial charge in [-0.25, -0.2) is 4.98 Å². The zero-order chi connectivity index (χ0) is 12.4. The quantitative estimate of drug-likeness (QED) is 0.762. The molecule has 0 amide bonds. The van der Waals surface area contributed by atoms with Gasteiger partial charge < -0.3 is 5.32 Å². The monoisotopic (exact) mass is 238 g/mol. The first-order valence-electron chi connectivity index (χ1n) is 5.90. The highest BCUT2D eigenvalue weighted by Crippen LogP contribution is 2.17. The Morgan fingerprint density at radius 3 is 2.94 bits per heavy atom. The SMILES string of the molecule is CNc1ncccc1Cn1ncc2ccccc21. The summed E-state index contributed by atoms with van der Waals surface area (Å²) in [6.45, 7) is 0.720. The van der Waals surface area contributed by atoms with Gasteiger partial charge >= 0.3 is 0 Å². The molecule has 0 atom stereocenters. The van der Waals surface area contributed by atoms with Crippen molar-refractivity contribution in [3.63, 3.8) is 0 Å². The molecule has 4 nitrogen and oxygen atoms in total. The Hall–Kier alpha value is -2.36. The van der Waals surface area contributed by atoms with Gasteiger partial charge in [-0.2, -0.15) is 5.10 Å². The number of pyridine rings is 1. The van der Waals surface area contributed by atoms with Crippen LogP contribution in [0.1, 0.15) is 5.56 Å². The van der Waals surface area contributed by atoms with Crippen molar-refractivity contribution >= 4 is 16.7 Å². The molecule has 0 aliphatic heterocycles. The lowest BCUT2D eigenvalue weighted by atomic mass is 10.2. The van der Waals surface area contributed by atoms with E-state index in [0.717, 1.165) is 28.8 Å². The van der Waals surface area contributed by atoms with Crippen LogP contribution in [0.25, 0.3) is 10.9 Å². The molecule has 0 unspecified atom stereocenters. The van der Waals surface area contributed by atoms with E-state index < -0.39 is 0 Å². The van der Waals surface area contributed by atoms with Crippen molar-refractivity contribution in [3.8, 4) is 0 Å². The number of hydrogen-bond donors (Lipinski definition) is 1. The molecule has 0 aliphatic carbocycles. The molecule has 18 heavy (non-hydrogen) atoms. The zero-order valence-electron chi connectivity index (χ0n) is 10.2. The Bertz CT molecular complexity index is 672. The van der Waals surface area contributed by atoms with Gasteiger partial charge in [0.2, 0.25) is 0 Å². The van der Waals surface area contributed by atoms with E-state index in [1.54, 1.807) is 6.20 Å². The number of nitrogens with zero attached hydrogens (tertiary/aromatic N) is 3. The maximum atomic E-state index is 4.43. The molecule has 0 aliphatic rings. The molecular weight excluding hydrogens is 224 g/mol. The molecule has 3 rings (SSSR count). The first-order chi connectivity index (χ1) is 8.88. The largest absolute Gasteiger partial charge is 0.373 e. The van der Waals surface area contributed by atoms with E-state index in [1.807, 2.05) is 36.1 Å². The molecule has 90 valence electrons. The summed E-state index contributed by atoms with van der Waals surface area (Å²) >= 11 is 0. The maximum absolute atomic E-state index is 4.43. The predicted octanol–water partition coefficient (Wildman–Crippen LogP) is 2.52. The number of hydrogen-bond acceptors (Lipinski definition) is 3. The summed E-state index contributed by atoms with van der Waals surface area (Å²) in [6, 6.07) is 12.2. The normalized spacial score (nSPS) is 10.7. The van der Waals surface area contributed by atoms with Crippen molar-refractivity contribution in [2.24, 2.45) is 0 Å². The van der Waals surface area contributed by atoms with Crippen LogP contribution in [0, 0.1) is 0 Å². The number of fused-ring (bicyclic) bond motifs is 1. The van der Waals surface area contributed by atoms with Gasteiger partial charge in [0.25, 0.3) is 0 Å². The van der Waals surface area contributed by atoms with Gasteiger partial charge in [0.05, 0.1) is 18.3 Å². The van der Waals surface area contributed by atoms with Crippen LogP contribution in [0.3, 0.4) is 0 Å². The second kappa shape index (κ2) is 4.49. The van der Waals surface area contributed by atoms with Crippen molar-refractivity contribution in [2.75, 3.05) is 12.4 Å². The minimum Gasteiger partial charge on any atom is -0.373 e. The summed E-state index contributed by atoms with van der Waals surface area (Å²) in [5, 5.41) is 8.69. The molecule has 1 aromatic carbocycles. The minimum atomic E-state index is 0.720.